The normalized spacial score (nSPS) is 23.8. The number of rotatable bonds is 5. The number of nitrogens with zero attached hydrogens (tertiary/aromatic N) is 3. The predicted octanol–water partition coefficient (Wildman–Crippen LogP) is 0.885. The maximum absolute atomic E-state index is 14.3. The highest BCUT2D eigenvalue weighted by Crippen LogP contribution is 2.30. The zero-order valence-corrected chi connectivity index (χ0v) is 16.8. The van der Waals surface area contributed by atoms with Crippen LogP contribution in [0.25, 0.3) is 0 Å². The van der Waals surface area contributed by atoms with Crippen molar-refractivity contribution in [1.82, 2.24) is 10.6 Å². The van der Waals surface area contributed by atoms with E-state index >= 15 is 0 Å². The molecule has 3 rings (SSSR count). The first kappa shape index (κ1) is 22.1. The number of nitroso groups, excluding NO2 is 1. The molecule has 1 aromatic rings. The molecule has 1 aromatic carbocycles. The summed E-state index contributed by atoms with van der Waals surface area (Å²) >= 11 is 0. The van der Waals surface area contributed by atoms with Gasteiger partial charge in [0.25, 0.3) is 6.04 Å². The van der Waals surface area contributed by atoms with Gasteiger partial charge in [0.15, 0.2) is 0 Å². The average molecular weight is 426 g/mol. The van der Waals surface area contributed by atoms with Crippen LogP contribution in [0.3, 0.4) is 0 Å². The molecular formula is C21H21FN5O4+. The molecule has 10 heteroatoms. The summed E-state index contributed by atoms with van der Waals surface area (Å²) in [7, 11) is 0. The molecule has 0 saturated carbocycles. The average Bonchev–Trinajstić information content (AvgIpc) is 2.75. The number of amides is 2. The van der Waals surface area contributed by atoms with Crippen LogP contribution in [0.15, 0.2) is 29.3 Å². The van der Waals surface area contributed by atoms with Crippen LogP contribution in [0.4, 0.5) is 4.39 Å². The van der Waals surface area contributed by atoms with Gasteiger partial charge in [0.1, 0.15) is 11.9 Å². The lowest BCUT2D eigenvalue weighted by molar-refractivity contribution is -0.613. The van der Waals surface area contributed by atoms with Crippen LogP contribution in [-0.4, -0.2) is 46.4 Å². The van der Waals surface area contributed by atoms with Crippen molar-refractivity contribution in [2.45, 2.75) is 50.4 Å². The van der Waals surface area contributed by atoms with Gasteiger partial charge >= 0.3 is 0 Å². The molecule has 0 aliphatic carbocycles. The molecule has 0 radical (unpaired) electrons. The summed E-state index contributed by atoms with van der Waals surface area (Å²) in [6.07, 6.45) is 0.452. The zero-order chi connectivity index (χ0) is 22.7. The first-order valence-electron chi connectivity index (χ1n) is 9.76. The molecule has 0 bridgehead atoms. The van der Waals surface area contributed by atoms with E-state index in [0.29, 0.717) is 23.2 Å². The van der Waals surface area contributed by atoms with E-state index < -0.39 is 48.4 Å². The van der Waals surface area contributed by atoms with Crippen molar-refractivity contribution in [3.63, 3.8) is 0 Å². The second-order valence-electron chi connectivity index (χ2n) is 7.60. The number of nitrogens with one attached hydrogen (secondary N) is 2. The third-order valence-corrected chi connectivity index (χ3v) is 5.73. The van der Waals surface area contributed by atoms with E-state index in [4.69, 9.17) is 10.5 Å². The van der Waals surface area contributed by atoms with Crippen molar-refractivity contribution in [3.8, 4) is 12.1 Å². The van der Waals surface area contributed by atoms with Crippen LogP contribution in [0.1, 0.15) is 43.4 Å². The van der Waals surface area contributed by atoms with Crippen molar-refractivity contribution < 1.29 is 23.8 Å². The molecule has 0 spiro atoms. The fourth-order valence-electron chi connectivity index (χ4n) is 4.10. The molecule has 4 atom stereocenters. The number of hydrogen-bond donors (Lipinski definition) is 3. The van der Waals surface area contributed by atoms with Crippen LogP contribution < -0.4 is 10.6 Å². The Kier molecular flexibility index (Phi) is 6.42. The number of carbonyl (C=O) groups excluding carboxylic acids is 2. The summed E-state index contributed by atoms with van der Waals surface area (Å²) in [6, 6.07) is 4.37. The molecule has 1 fully saturated rings. The molecular weight excluding hydrogens is 405 g/mol. The van der Waals surface area contributed by atoms with Gasteiger partial charge < -0.3 is 15.7 Å². The number of carbonyl (C=O) groups is 2. The molecule has 3 unspecified atom stereocenters. The summed E-state index contributed by atoms with van der Waals surface area (Å²) < 4.78 is 14.9. The van der Waals surface area contributed by atoms with Crippen LogP contribution in [0, 0.1) is 33.4 Å². The van der Waals surface area contributed by atoms with E-state index in [-0.39, 0.29) is 23.1 Å². The van der Waals surface area contributed by atoms with Crippen molar-refractivity contribution in [1.29, 1.82) is 10.5 Å². The summed E-state index contributed by atoms with van der Waals surface area (Å²) in [5.74, 6) is -1.86. The fourth-order valence-corrected chi connectivity index (χ4v) is 4.10. The zero-order valence-electron chi connectivity index (χ0n) is 16.8. The van der Waals surface area contributed by atoms with Gasteiger partial charge in [0.2, 0.25) is 17.9 Å². The Labute approximate surface area is 177 Å². The van der Waals surface area contributed by atoms with Crippen LogP contribution >= 0.6 is 0 Å². The lowest BCUT2D eigenvalue weighted by Gasteiger charge is -2.33. The highest BCUT2D eigenvalue weighted by Gasteiger charge is 2.50. The first-order chi connectivity index (χ1) is 14.8. The van der Waals surface area contributed by atoms with Gasteiger partial charge in [-0.2, -0.15) is 10.5 Å². The number of hydrogen-bond acceptors (Lipinski definition) is 6. The summed E-state index contributed by atoms with van der Waals surface area (Å²) in [5, 5.41) is 32.8. The minimum Gasteiger partial charge on any atom is -0.394 e. The minimum absolute atomic E-state index is 0.00332. The van der Waals surface area contributed by atoms with Crippen molar-refractivity contribution in [3.05, 3.63) is 51.2 Å². The third-order valence-electron chi connectivity index (χ3n) is 5.73. The van der Waals surface area contributed by atoms with E-state index in [1.54, 1.807) is 13.0 Å². The molecule has 2 amide bonds. The number of nitriles is 2. The Morgan fingerprint density at radius 3 is 2.77 bits per heavy atom. The lowest BCUT2D eigenvalue weighted by atomic mass is 9.83. The van der Waals surface area contributed by atoms with Gasteiger partial charge in [0.05, 0.1) is 36.7 Å². The topological polar surface area (TPSA) is 146 Å². The first-order valence-corrected chi connectivity index (χ1v) is 9.76. The molecule has 1 saturated heterocycles. The van der Waals surface area contributed by atoms with Gasteiger partial charge in [-0.15, -0.1) is 0 Å². The van der Waals surface area contributed by atoms with E-state index in [0.717, 1.165) is 6.07 Å². The Hall–Kier alpha value is -3.63. The molecule has 2 aliphatic heterocycles. The number of piperidine rings is 1. The Morgan fingerprint density at radius 2 is 2.16 bits per heavy atom. The Morgan fingerprint density at radius 1 is 1.42 bits per heavy atom. The van der Waals surface area contributed by atoms with Gasteiger partial charge in [-0.25, -0.2) is 4.39 Å². The monoisotopic (exact) mass is 426 g/mol. The smallest absolute Gasteiger partial charge is 0.286 e. The largest absolute Gasteiger partial charge is 0.394 e. The van der Waals surface area contributed by atoms with E-state index in [1.165, 1.54) is 12.1 Å². The van der Waals surface area contributed by atoms with E-state index in [1.807, 2.05) is 6.07 Å². The van der Waals surface area contributed by atoms with Crippen LogP contribution in [0.5, 0.6) is 0 Å². The van der Waals surface area contributed by atoms with E-state index in [2.05, 4.69) is 10.6 Å². The quantitative estimate of drug-likeness (QED) is 0.596. The van der Waals surface area contributed by atoms with Gasteiger partial charge in [0, 0.05) is 32.8 Å². The third kappa shape index (κ3) is 4.30. The molecule has 3 N–H and O–H groups in total. The van der Waals surface area contributed by atoms with Crippen molar-refractivity contribution >= 4 is 11.8 Å². The number of aliphatic hydroxyl groups excluding tert-OH is 1. The summed E-state index contributed by atoms with van der Waals surface area (Å²) in [5.41, 5.74) is 0.631. The number of halogens is 1. The Bertz CT molecular complexity index is 1050. The SMILES string of the molecule is CC1=C(CC(=O)N[C@@H](CO)c2ccc(C#N)cc2F)C(=O)NC2CCC(C#N)[N+](=O)C12. The number of benzene rings is 1. The summed E-state index contributed by atoms with van der Waals surface area (Å²) in [4.78, 5) is 37.7. The van der Waals surface area contributed by atoms with Gasteiger partial charge in [-0.1, -0.05) is 6.07 Å². The molecule has 2 aliphatic rings. The number of aliphatic hydroxyl groups is 1. The minimum atomic E-state index is -1.07. The highest BCUT2D eigenvalue weighted by molar-refractivity contribution is 6.00. The lowest BCUT2D eigenvalue weighted by Crippen LogP contribution is -2.58. The molecule has 31 heavy (non-hydrogen) atoms. The summed E-state index contributed by atoms with van der Waals surface area (Å²) in [6.45, 7) is 0.995. The van der Waals surface area contributed by atoms with Crippen LogP contribution in [-0.2, 0) is 9.59 Å². The van der Waals surface area contributed by atoms with Gasteiger partial charge in [-0.05, 0) is 25.5 Å². The van der Waals surface area contributed by atoms with Crippen LogP contribution in [0.2, 0.25) is 0 Å². The molecule has 2 heterocycles. The van der Waals surface area contributed by atoms with Gasteiger partial charge in [-0.3, -0.25) is 9.59 Å². The Balaban J connectivity index is 1.79. The molecule has 0 aromatic heterocycles. The molecule has 9 nitrogen and oxygen atoms in total. The molecule has 160 valence electrons. The number of fused-ring (bicyclic) bond motifs is 1. The second-order valence-corrected chi connectivity index (χ2v) is 7.60. The highest BCUT2D eigenvalue weighted by atomic mass is 19.1. The maximum atomic E-state index is 14.3. The van der Waals surface area contributed by atoms with E-state index in [9.17, 15) is 24.0 Å². The van der Waals surface area contributed by atoms with Crippen molar-refractivity contribution in [2.75, 3.05) is 6.61 Å². The fraction of sp³-hybridized carbons (Fsp3) is 0.429. The maximum Gasteiger partial charge on any atom is 0.286 e. The van der Waals surface area contributed by atoms with Crippen molar-refractivity contribution in [2.24, 2.45) is 0 Å². The predicted molar refractivity (Wildman–Crippen MR) is 104 cm³/mol. The second kappa shape index (κ2) is 9.02. The standard InChI is InChI=1S/C21H20FN5O4/c1-11-15(21(30)26-17-5-3-13(9-24)27(31)20(11)17)7-19(29)25-18(10-28)14-4-2-12(8-23)6-16(14)22/h2,4,6,13,17-18,20,28H,3,5,7,10H2,1H3,(H-,25,26,29,30)/p+1/t13?,17?,18-,20?/m0/s1.